The summed E-state index contributed by atoms with van der Waals surface area (Å²) in [6.45, 7) is 3.72. The molecule has 29 heavy (non-hydrogen) atoms. The first-order valence-electron chi connectivity index (χ1n) is 8.14. The first-order valence-corrected chi connectivity index (χ1v) is 12.1. The van der Waals surface area contributed by atoms with E-state index in [2.05, 4.69) is 31.0 Å². The van der Waals surface area contributed by atoms with Gasteiger partial charge in [0, 0.05) is 5.69 Å². The largest absolute Gasteiger partial charge is 0.325 e. The highest BCUT2D eigenvalue weighted by Crippen LogP contribution is 2.27. The Hall–Kier alpha value is -1.73. The second kappa shape index (κ2) is 10.3. The summed E-state index contributed by atoms with van der Waals surface area (Å²) >= 11 is 11.7. The number of carbonyl (C=O) groups is 2. The molecule has 0 bridgehead atoms. The maximum atomic E-state index is 12.1. The van der Waals surface area contributed by atoms with E-state index in [4.69, 9.17) is 11.6 Å². The standard InChI is InChI=1S/C16H15ClN6O2S4/c1-8-20-22-15(28-8)26-6-13(24)18-10-3-4-12(11(17)5-10)19-14(25)7-27-16-23-21-9(2)29-16/h3-5H,6-7H2,1-2H3,(H,18,24)(H,19,25). The van der Waals surface area contributed by atoms with Gasteiger partial charge in [-0.05, 0) is 32.0 Å². The van der Waals surface area contributed by atoms with Crippen LogP contribution in [0, 0.1) is 13.8 Å². The highest BCUT2D eigenvalue weighted by Gasteiger charge is 2.11. The summed E-state index contributed by atoms with van der Waals surface area (Å²) in [4.78, 5) is 24.2. The van der Waals surface area contributed by atoms with Crippen LogP contribution in [0.1, 0.15) is 10.0 Å². The van der Waals surface area contributed by atoms with Crippen molar-refractivity contribution in [2.45, 2.75) is 22.5 Å². The minimum Gasteiger partial charge on any atom is -0.325 e. The number of halogens is 1. The van der Waals surface area contributed by atoms with Crippen LogP contribution < -0.4 is 10.6 Å². The van der Waals surface area contributed by atoms with E-state index in [-0.39, 0.29) is 23.3 Å². The van der Waals surface area contributed by atoms with Crippen molar-refractivity contribution in [3.8, 4) is 0 Å². The molecule has 1 aromatic carbocycles. The SMILES string of the molecule is Cc1nnc(SCC(=O)Nc2ccc(NC(=O)CSc3nnc(C)s3)c(Cl)c2)s1. The lowest BCUT2D eigenvalue weighted by Gasteiger charge is -2.09. The third-order valence-electron chi connectivity index (χ3n) is 3.20. The Balaban J connectivity index is 1.48. The average Bonchev–Trinajstić information content (AvgIpc) is 3.28. The first-order chi connectivity index (χ1) is 13.9. The van der Waals surface area contributed by atoms with Crippen LogP contribution in [-0.4, -0.2) is 43.7 Å². The summed E-state index contributed by atoms with van der Waals surface area (Å²) in [7, 11) is 0. The molecule has 2 aromatic heterocycles. The maximum absolute atomic E-state index is 12.1. The van der Waals surface area contributed by atoms with Crippen molar-refractivity contribution in [2.24, 2.45) is 0 Å². The topological polar surface area (TPSA) is 110 Å². The monoisotopic (exact) mass is 486 g/mol. The van der Waals surface area contributed by atoms with Gasteiger partial charge >= 0.3 is 0 Å². The summed E-state index contributed by atoms with van der Waals surface area (Å²) in [5.74, 6) is 0.0310. The fourth-order valence-electron chi connectivity index (χ4n) is 2.01. The van der Waals surface area contributed by atoms with Gasteiger partial charge in [0.05, 0.1) is 22.2 Å². The minimum atomic E-state index is -0.203. The summed E-state index contributed by atoms with van der Waals surface area (Å²) in [6, 6.07) is 4.92. The number of aryl methyl sites for hydroxylation is 2. The number of anilines is 2. The van der Waals surface area contributed by atoms with Crippen molar-refractivity contribution in [1.29, 1.82) is 0 Å². The number of thioether (sulfide) groups is 2. The Morgan fingerprint density at radius 3 is 1.97 bits per heavy atom. The number of aromatic nitrogens is 4. The number of hydrogen-bond acceptors (Lipinski definition) is 10. The van der Waals surface area contributed by atoms with E-state index in [1.165, 1.54) is 46.2 Å². The van der Waals surface area contributed by atoms with Crippen LogP contribution >= 0.6 is 57.8 Å². The summed E-state index contributed by atoms with van der Waals surface area (Å²) < 4.78 is 1.48. The predicted molar refractivity (Wildman–Crippen MR) is 119 cm³/mol. The third kappa shape index (κ3) is 6.93. The van der Waals surface area contributed by atoms with E-state index in [0.717, 1.165) is 18.7 Å². The smallest absolute Gasteiger partial charge is 0.234 e. The van der Waals surface area contributed by atoms with Crippen LogP contribution in [0.2, 0.25) is 5.02 Å². The van der Waals surface area contributed by atoms with Gasteiger partial charge in [0.25, 0.3) is 0 Å². The van der Waals surface area contributed by atoms with Crippen molar-refractivity contribution in [3.05, 3.63) is 33.2 Å². The lowest BCUT2D eigenvalue weighted by atomic mass is 10.2. The molecule has 0 aliphatic rings. The van der Waals surface area contributed by atoms with Crippen LogP contribution in [0.15, 0.2) is 26.9 Å². The normalized spacial score (nSPS) is 10.7. The third-order valence-corrected chi connectivity index (χ3v) is 7.45. The average molecular weight is 487 g/mol. The van der Waals surface area contributed by atoms with Gasteiger partial charge in [0.1, 0.15) is 10.0 Å². The van der Waals surface area contributed by atoms with Crippen LogP contribution in [-0.2, 0) is 9.59 Å². The quantitative estimate of drug-likeness (QED) is 0.457. The van der Waals surface area contributed by atoms with Gasteiger partial charge in [0.2, 0.25) is 11.8 Å². The van der Waals surface area contributed by atoms with Gasteiger partial charge in [-0.3, -0.25) is 9.59 Å². The predicted octanol–water partition coefficient (Wildman–Crippen LogP) is 4.12. The van der Waals surface area contributed by atoms with Crippen LogP contribution in [0.5, 0.6) is 0 Å². The van der Waals surface area contributed by atoms with Gasteiger partial charge in [-0.25, -0.2) is 0 Å². The molecule has 152 valence electrons. The Bertz CT molecular complexity index is 1020. The molecule has 0 radical (unpaired) electrons. The van der Waals surface area contributed by atoms with Crippen LogP contribution in [0.25, 0.3) is 0 Å². The van der Waals surface area contributed by atoms with Gasteiger partial charge < -0.3 is 10.6 Å². The highest BCUT2D eigenvalue weighted by atomic mass is 35.5. The van der Waals surface area contributed by atoms with E-state index in [1.807, 2.05) is 13.8 Å². The van der Waals surface area contributed by atoms with Gasteiger partial charge in [-0.1, -0.05) is 57.8 Å². The Kier molecular flexibility index (Phi) is 7.84. The molecule has 13 heteroatoms. The molecule has 0 unspecified atom stereocenters. The molecule has 3 aromatic rings. The molecule has 8 nitrogen and oxygen atoms in total. The maximum Gasteiger partial charge on any atom is 0.234 e. The molecule has 0 aliphatic heterocycles. The Morgan fingerprint density at radius 1 is 0.931 bits per heavy atom. The molecular formula is C16H15ClN6O2S4. The summed E-state index contributed by atoms with van der Waals surface area (Å²) in [5.41, 5.74) is 1.02. The number of rotatable bonds is 8. The second-order valence-electron chi connectivity index (χ2n) is 5.54. The van der Waals surface area contributed by atoms with E-state index in [9.17, 15) is 9.59 Å². The van der Waals surface area contributed by atoms with Crippen LogP contribution in [0.3, 0.4) is 0 Å². The van der Waals surface area contributed by atoms with E-state index in [0.29, 0.717) is 16.4 Å². The lowest BCUT2D eigenvalue weighted by Crippen LogP contribution is -2.15. The van der Waals surface area contributed by atoms with Crippen molar-refractivity contribution in [1.82, 2.24) is 20.4 Å². The first kappa shape index (κ1) is 22.0. The van der Waals surface area contributed by atoms with E-state index >= 15 is 0 Å². The number of amides is 2. The number of hydrogen-bond donors (Lipinski definition) is 2. The van der Waals surface area contributed by atoms with Crippen molar-refractivity contribution >= 4 is 81.0 Å². The zero-order chi connectivity index (χ0) is 20.8. The molecule has 0 saturated carbocycles. The highest BCUT2D eigenvalue weighted by molar-refractivity contribution is 8.01. The molecule has 0 fully saturated rings. The zero-order valence-electron chi connectivity index (χ0n) is 15.3. The summed E-state index contributed by atoms with van der Waals surface area (Å²) in [6.07, 6.45) is 0. The lowest BCUT2D eigenvalue weighted by molar-refractivity contribution is -0.114. The number of nitrogens with one attached hydrogen (secondary N) is 2. The molecular weight excluding hydrogens is 472 g/mol. The second-order valence-corrected chi connectivity index (χ2v) is 10.8. The van der Waals surface area contributed by atoms with Crippen LogP contribution in [0.4, 0.5) is 11.4 Å². The van der Waals surface area contributed by atoms with Crippen molar-refractivity contribution in [2.75, 3.05) is 22.1 Å². The van der Waals surface area contributed by atoms with Crippen molar-refractivity contribution < 1.29 is 9.59 Å². The molecule has 0 atom stereocenters. The Morgan fingerprint density at radius 2 is 1.48 bits per heavy atom. The fourth-order valence-corrected chi connectivity index (χ4v) is 5.46. The van der Waals surface area contributed by atoms with Gasteiger partial charge in [0.15, 0.2) is 8.68 Å². The fraction of sp³-hybridized carbons (Fsp3) is 0.250. The zero-order valence-corrected chi connectivity index (χ0v) is 19.3. The van der Waals surface area contributed by atoms with E-state index in [1.54, 1.807) is 18.2 Å². The van der Waals surface area contributed by atoms with E-state index < -0.39 is 0 Å². The van der Waals surface area contributed by atoms with Crippen molar-refractivity contribution in [3.63, 3.8) is 0 Å². The number of nitrogens with zero attached hydrogens (tertiary/aromatic N) is 4. The molecule has 2 heterocycles. The Labute approximate surface area is 188 Å². The van der Waals surface area contributed by atoms with Gasteiger partial charge in [-0.15, -0.1) is 20.4 Å². The van der Waals surface area contributed by atoms with Gasteiger partial charge in [-0.2, -0.15) is 0 Å². The molecule has 0 spiro atoms. The molecule has 3 rings (SSSR count). The summed E-state index contributed by atoms with van der Waals surface area (Å²) in [5, 5.41) is 23.3. The molecule has 0 saturated heterocycles. The molecule has 0 aliphatic carbocycles. The minimum absolute atomic E-state index is 0.181. The molecule has 2 amide bonds. The molecule has 2 N–H and O–H groups in total. The number of benzene rings is 1. The number of carbonyl (C=O) groups excluding carboxylic acids is 2.